The molecule has 0 fully saturated rings. The lowest BCUT2D eigenvalue weighted by Gasteiger charge is -2.30. The van der Waals surface area contributed by atoms with Gasteiger partial charge in [0.15, 0.2) is 0 Å². The highest BCUT2D eigenvalue weighted by molar-refractivity contribution is 5.78. The summed E-state index contributed by atoms with van der Waals surface area (Å²) in [6, 6.07) is 19.0. The first kappa shape index (κ1) is 23.0. The number of hydrogen-bond donors (Lipinski definition) is 1. The minimum atomic E-state index is -0.158. The molecule has 0 saturated carbocycles. The van der Waals surface area contributed by atoms with Crippen molar-refractivity contribution in [2.75, 3.05) is 0 Å². The van der Waals surface area contributed by atoms with Gasteiger partial charge in [0.25, 0.3) is 0 Å². The fourth-order valence-corrected chi connectivity index (χ4v) is 3.92. The van der Waals surface area contributed by atoms with Crippen LogP contribution in [-0.4, -0.2) is 10.9 Å². The van der Waals surface area contributed by atoms with E-state index < -0.39 is 0 Å². The van der Waals surface area contributed by atoms with E-state index in [1.807, 2.05) is 18.2 Å². The molecule has 164 valence electrons. The smallest absolute Gasteiger partial charge is 0.217 e. The second-order valence-corrected chi connectivity index (χ2v) is 10.7. The van der Waals surface area contributed by atoms with Crippen LogP contribution < -0.4 is 5.32 Å². The minimum absolute atomic E-state index is 0.0151. The zero-order valence-electron chi connectivity index (χ0n) is 20.2. The lowest BCUT2D eigenvalue weighted by atomic mass is 9.77. The Morgan fingerprint density at radius 2 is 1.45 bits per heavy atom. The third kappa shape index (κ3) is 5.33. The van der Waals surface area contributed by atoms with Crippen molar-refractivity contribution in [1.82, 2.24) is 10.3 Å². The Morgan fingerprint density at radius 3 is 2.00 bits per heavy atom. The second-order valence-electron chi connectivity index (χ2n) is 10.7. The monoisotopic (exact) mass is 416 g/mol. The predicted octanol–water partition coefficient (Wildman–Crippen LogP) is 6.81. The van der Waals surface area contributed by atoms with E-state index in [-0.39, 0.29) is 28.7 Å². The van der Waals surface area contributed by atoms with E-state index in [4.69, 9.17) is 4.98 Å². The van der Waals surface area contributed by atoms with Gasteiger partial charge in [-0.15, -0.1) is 0 Å². The molecular formula is C28H36N2O. The summed E-state index contributed by atoms with van der Waals surface area (Å²) in [4.78, 5) is 17.1. The maximum atomic E-state index is 12.2. The number of benzene rings is 2. The molecule has 3 rings (SSSR count). The standard InChI is InChI=1S/C28H36N2O/c1-18(24-14-13-20-11-9-10-12-25(20)30-24)26(29-19(2)31)21-15-22(27(3,4)5)17-23(16-21)28(6,7)8/h9-18,26H,1-8H3,(H,29,31). The molecule has 0 spiro atoms. The van der Waals surface area contributed by atoms with Crippen molar-refractivity contribution in [2.45, 2.75) is 78.2 Å². The number of fused-ring (bicyclic) bond motifs is 1. The molecule has 2 unspecified atom stereocenters. The molecule has 1 aromatic heterocycles. The molecule has 31 heavy (non-hydrogen) atoms. The fraction of sp³-hybridized carbons (Fsp3) is 0.429. The lowest BCUT2D eigenvalue weighted by Crippen LogP contribution is -2.31. The lowest BCUT2D eigenvalue weighted by molar-refractivity contribution is -0.119. The van der Waals surface area contributed by atoms with Crippen molar-refractivity contribution in [3.8, 4) is 0 Å². The zero-order chi connectivity index (χ0) is 23.0. The SMILES string of the molecule is CC(=O)NC(c1cc(C(C)(C)C)cc(C(C)(C)C)c1)C(C)c1ccc2ccccc2n1. The maximum absolute atomic E-state index is 12.2. The summed E-state index contributed by atoms with van der Waals surface area (Å²) in [6.45, 7) is 17.2. The summed E-state index contributed by atoms with van der Waals surface area (Å²) in [5, 5.41) is 4.35. The largest absolute Gasteiger partial charge is 0.349 e. The first-order valence-corrected chi connectivity index (χ1v) is 11.1. The van der Waals surface area contributed by atoms with Gasteiger partial charge in [0.05, 0.1) is 11.6 Å². The molecule has 3 nitrogen and oxygen atoms in total. The van der Waals surface area contributed by atoms with Gasteiger partial charge < -0.3 is 5.32 Å². The van der Waals surface area contributed by atoms with E-state index in [1.54, 1.807) is 6.92 Å². The van der Waals surface area contributed by atoms with Gasteiger partial charge in [-0.05, 0) is 39.7 Å². The van der Waals surface area contributed by atoms with Crippen molar-refractivity contribution >= 4 is 16.8 Å². The predicted molar refractivity (Wildman–Crippen MR) is 131 cm³/mol. The maximum Gasteiger partial charge on any atom is 0.217 e. The molecule has 2 aromatic carbocycles. The van der Waals surface area contributed by atoms with Crippen LogP contribution in [0.2, 0.25) is 0 Å². The summed E-state index contributed by atoms with van der Waals surface area (Å²) in [7, 11) is 0. The van der Waals surface area contributed by atoms with Crippen LogP contribution in [0.3, 0.4) is 0 Å². The van der Waals surface area contributed by atoms with Crippen molar-refractivity contribution in [2.24, 2.45) is 0 Å². The average Bonchev–Trinajstić information content (AvgIpc) is 2.69. The van der Waals surface area contributed by atoms with E-state index in [9.17, 15) is 4.79 Å². The Labute approximate surface area is 187 Å². The number of carbonyl (C=O) groups is 1. The Kier molecular flexibility index (Phi) is 6.27. The zero-order valence-corrected chi connectivity index (χ0v) is 20.2. The average molecular weight is 417 g/mol. The van der Waals surface area contributed by atoms with Gasteiger partial charge in [-0.2, -0.15) is 0 Å². The van der Waals surface area contributed by atoms with E-state index in [1.165, 1.54) is 11.1 Å². The Balaban J connectivity index is 2.14. The molecule has 1 amide bonds. The van der Waals surface area contributed by atoms with Crippen LogP contribution in [0.25, 0.3) is 10.9 Å². The number of nitrogens with zero attached hydrogens (tertiary/aromatic N) is 1. The van der Waals surface area contributed by atoms with Crippen LogP contribution in [0.4, 0.5) is 0 Å². The van der Waals surface area contributed by atoms with Gasteiger partial charge >= 0.3 is 0 Å². The van der Waals surface area contributed by atoms with Gasteiger partial charge in [0.2, 0.25) is 5.91 Å². The van der Waals surface area contributed by atoms with E-state index >= 15 is 0 Å². The van der Waals surface area contributed by atoms with E-state index in [2.05, 4.69) is 90.2 Å². The quantitative estimate of drug-likeness (QED) is 0.507. The summed E-state index contributed by atoms with van der Waals surface area (Å²) in [5.41, 5.74) is 5.69. The van der Waals surface area contributed by atoms with Crippen LogP contribution in [0.1, 0.15) is 89.7 Å². The van der Waals surface area contributed by atoms with Crippen molar-refractivity contribution in [3.05, 3.63) is 77.0 Å². The van der Waals surface area contributed by atoms with Crippen molar-refractivity contribution < 1.29 is 4.79 Å². The molecule has 0 bridgehead atoms. The van der Waals surface area contributed by atoms with Gasteiger partial charge in [-0.3, -0.25) is 9.78 Å². The number of carbonyl (C=O) groups excluding carboxylic acids is 1. The number of para-hydroxylation sites is 1. The Morgan fingerprint density at radius 1 is 0.871 bits per heavy atom. The first-order valence-electron chi connectivity index (χ1n) is 11.1. The third-order valence-electron chi connectivity index (χ3n) is 5.99. The van der Waals surface area contributed by atoms with E-state index in [0.29, 0.717) is 0 Å². The van der Waals surface area contributed by atoms with E-state index in [0.717, 1.165) is 22.2 Å². The number of aromatic nitrogens is 1. The van der Waals surface area contributed by atoms with Crippen LogP contribution in [0.15, 0.2) is 54.6 Å². The Bertz CT molecular complexity index is 1050. The van der Waals surface area contributed by atoms with Gasteiger partial charge in [0, 0.05) is 23.9 Å². The number of rotatable bonds is 4. The van der Waals surface area contributed by atoms with Crippen molar-refractivity contribution in [1.29, 1.82) is 0 Å². The summed E-state index contributed by atoms with van der Waals surface area (Å²) < 4.78 is 0. The molecule has 0 aliphatic heterocycles. The molecule has 3 heteroatoms. The van der Waals surface area contributed by atoms with Crippen LogP contribution in [0.5, 0.6) is 0 Å². The van der Waals surface area contributed by atoms with Gasteiger partial charge in [-0.1, -0.05) is 90.9 Å². The summed E-state index contributed by atoms with van der Waals surface area (Å²) in [6.07, 6.45) is 0. The minimum Gasteiger partial charge on any atom is -0.349 e. The number of pyridine rings is 1. The third-order valence-corrected chi connectivity index (χ3v) is 5.99. The molecule has 0 aliphatic carbocycles. The molecule has 0 saturated heterocycles. The molecule has 3 aromatic rings. The second kappa shape index (κ2) is 8.45. The molecule has 2 atom stereocenters. The summed E-state index contributed by atoms with van der Waals surface area (Å²) in [5.74, 6) is -0.00680. The van der Waals surface area contributed by atoms with Gasteiger partial charge in [0.1, 0.15) is 0 Å². The molecule has 1 N–H and O–H groups in total. The number of hydrogen-bond acceptors (Lipinski definition) is 2. The molecule has 0 aliphatic rings. The molecule has 0 radical (unpaired) electrons. The normalized spacial score (nSPS) is 14.3. The van der Waals surface area contributed by atoms with Crippen LogP contribution in [0, 0.1) is 0 Å². The fourth-order valence-electron chi connectivity index (χ4n) is 3.92. The summed E-state index contributed by atoms with van der Waals surface area (Å²) >= 11 is 0. The van der Waals surface area contributed by atoms with Crippen LogP contribution >= 0.6 is 0 Å². The number of nitrogens with one attached hydrogen (secondary N) is 1. The Hall–Kier alpha value is -2.68. The number of amides is 1. The first-order chi connectivity index (χ1) is 14.4. The highest BCUT2D eigenvalue weighted by Gasteiger charge is 2.27. The molecular weight excluding hydrogens is 380 g/mol. The highest BCUT2D eigenvalue weighted by atomic mass is 16.1. The van der Waals surface area contributed by atoms with Crippen LogP contribution in [-0.2, 0) is 15.6 Å². The van der Waals surface area contributed by atoms with Crippen molar-refractivity contribution in [3.63, 3.8) is 0 Å². The topological polar surface area (TPSA) is 42.0 Å². The highest BCUT2D eigenvalue weighted by Crippen LogP contribution is 2.36. The molecule has 1 heterocycles. The van der Waals surface area contributed by atoms with Gasteiger partial charge in [-0.25, -0.2) is 0 Å².